The summed E-state index contributed by atoms with van der Waals surface area (Å²) >= 11 is 1.46. The van der Waals surface area contributed by atoms with E-state index in [1.807, 2.05) is 127 Å². The molecule has 2 saturated heterocycles. The summed E-state index contributed by atoms with van der Waals surface area (Å²) in [6, 6.07) is 20.2. The van der Waals surface area contributed by atoms with Crippen LogP contribution in [0.2, 0.25) is 0 Å². The van der Waals surface area contributed by atoms with Gasteiger partial charge in [0.1, 0.15) is 87.8 Å². The number of rotatable bonds is 25. The minimum Gasteiger partial charge on any atom is -0.497 e. The van der Waals surface area contributed by atoms with Gasteiger partial charge in [0.05, 0.1) is 49.7 Å². The molecule has 5 heterocycles. The zero-order valence-electron chi connectivity index (χ0n) is 63.8. The van der Waals surface area contributed by atoms with Crippen LogP contribution in [0.4, 0.5) is 14.7 Å². The highest BCUT2D eigenvalue weighted by Crippen LogP contribution is 2.69. The molecule has 0 bridgehead atoms. The van der Waals surface area contributed by atoms with E-state index in [-0.39, 0.29) is 69.1 Å². The second-order valence-corrected chi connectivity index (χ2v) is 38.0. The van der Waals surface area contributed by atoms with Gasteiger partial charge in [0.15, 0.2) is 5.13 Å². The summed E-state index contributed by atoms with van der Waals surface area (Å²) in [6.07, 6.45) is 7.68. The minimum atomic E-state index is -3.84. The number of benzene rings is 3. The Morgan fingerprint density at radius 3 is 1.49 bits per heavy atom. The van der Waals surface area contributed by atoms with Crippen LogP contribution in [0.25, 0.3) is 44.5 Å². The lowest BCUT2D eigenvalue weighted by Gasteiger charge is -2.35. The summed E-state index contributed by atoms with van der Waals surface area (Å²) in [5, 5.41) is 16.0. The number of pyridine rings is 2. The molecule has 0 spiro atoms. The molecule has 3 aromatic carbocycles. The largest absolute Gasteiger partial charge is 0.497 e. The van der Waals surface area contributed by atoms with Crippen LogP contribution >= 0.6 is 26.1 Å². The number of nitrogens with one attached hydrogen (secondary N) is 5. The van der Waals surface area contributed by atoms with Crippen molar-refractivity contribution in [2.24, 2.45) is 22.7 Å². The number of hydrogen-bond donors (Lipinski definition) is 7. The van der Waals surface area contributed by atoms with Crippen LogP contribution in [0.15, 0.2) is 110 Å². The van der Waals surface area contributed by atoms with Gasteiger partial charge in [-0.3, -0.25) is 28.3 Å². The van der Waals surface area contributed by atoms with Crippen LogP contribution in [0.5, 0.6) is 23.0 Å². The topological polar surface area (TPSA) is 338 Å². The molecule has 3 aromatic heterocycles. The summed E-state index contributed by atoms with van der Waals surface area (Å²) < 4.78 is 62.3. The van der Waals surface area contributed by atoms with Gasteiger partial charge in [0, 0.05) is 89.5 Å². The van der Waals surface area contributed by atoms with E-state index in [0.29, 0.717) is 61.9 Å². The molecule has 0 radical (unpaired) electrons. The molecule has 2 unspecified atom stereocenters. The highest BCUT2D eigenvalue weighted by Gasteiger charge is 2.66. The number of aromatic nitrogens is 3. The quantitative estimate of drug-likeness (QED) is 0.0207. The number of anilines is 1. The fraction of sp³-hybridized carbons (Fsp3) is 0.532. The van der Waals surface area contributed by atoms with Crippen molar-refractivity contribution in [2.45, 2.75) is 205 Å². The van der Waals surface area contributed by atoms with Gasteiger partial charge in [-0.1, -0.05) is 91.0 Å². The van der Waals surface area contributed by atoms with E-state index in [2.05, 4.69) is 39.7 Å². The number of amides is 6. The van der Waals surface area contributed by atoms with Gasteiger partial charge in [0.25, 0.3) is 0 Å². The predicted molar refractivity (Wildman–Crippen MR) is 416 cm³/mol. The average Bonchev–Trinajstić information content (AvgIpc) is 1.56. The fourth-order valence-corrected chi connectivity index (χ4v) is 19.5. The molecular weight excluding hydrogens is 1440 g/mol. The summed E-state index contributed by atoms with van der Waals surface area (Å²) in [5.41, 5.74) is 2.47. The summed E-state index contributed by atoms with van der Waals surface area (Å²) in [6.45, 7) is 25.5. The van der Waals surface area contributed by atoms with Crippen LogP contribution in [0.1, 0.15) is 139 Å². The van der Waals surface area contributed by atoms with Crippen molar-refractivity contribution < 1.29 is 76.1 Å². The molecule has 108 heavy (non-hydrogen) atoms. The predicted octanol–water partition coefficient (Wildman–Crippen LogP) is 13.2. The lowest BCUT2D eigenvalue weighted by atomic mass is 9.85. The van der Waals surface area contributed by atoms with Gasteiger partial charge in [-0.15, -0.1) is 24.5 Å². The Morgan fingerprint density at radius 2 is 1.07 bits per heavy atom. The maximum atomic E-state index is 14.7. The Bertz CT molecular complexity index is 4450. The number of methoxy groups -OCH3 is 2. The fourth-order valence-electron chi connectivity index (χ4n) is 15.1. The Labute approximate surface area is 635 Å². The number of carbonyl (C=O) groups excluding carboxylic acids is 6. The first-order chi connectivity index (χ1) is 51.1. The van der Waals surface area contributed by atoms with Crippen molar-refractivity contribution in [1.82, 2.24) is 46.0 Å². The lowest BCUT2D eigenvalue weighted by Crippen LogP contribution is -2.58. The van der Waals surface area contributed by atoms with E-state index in [1.54, 1.807) is 45.4 Å². The second kappa shape index (κ2) is 32.5. The molecule has 4 aliphatic carbocycles. The molecule has 29 heteroatoms. The summed E-state index contributed by atoms with van der Waals surface area (Å²) in [4.78, 5) is 123. The van der Waals surface area contributed by atoms with Gasteiger partial charge in [-0.25, -0.2) is 24.5 Å². The van der Waals surface area contributed by atoms with Crippen molar-refractivity contribution in [3.8, 4) is 45.6 Å². The molecule has 12 rings (SSSR count). The smallest absolute Gasteiger partial charge is 0.408 e. The zero-order chi connectivity index (χ0) is 78.0. The molecule has 26 nitrogen and oxygen atoms in total. The number of nitrogens with zero attached hydrogens (tertiary/aromatic N) is 5. The van der Waals surface area contributed by atoms with Crippen LogP contribution in [-0.4, -0.2) is 176 Å². The summed E-state index contributed by atoms with van der Waals surface area (Å²) in [5.74, 6) is -0.685. The van der Waals surface area contributed by atoms with Crippen molar-refractivity contribution in [3.63, 3.8) is 0 Å². The number of alkyl carbamates (subject to hydrolysis) is 2. The first-order valence-electron chi connectivity index (χ1n) is 37.3. The third kappa shape index (κ3) is 17.8. The average molecular weight is 1540 g/mol. The number of likely N-dealkylation sites (tertiary alicyclic amines) is 2. The molecule has 12 atom stereocenters. The van der Waals surface area contributed by atoms with Crippen molar-refractivity contribution in [3.05, 3.63) is 110 Å². The summed E-state index contributed by atoms with van der Waals surface area (Å²) in [7, 11) is -4.49. The molecular formula is C79H104N10O16P2S. The maximum Gasteiger partial charge on any atom is 0.408 e. The van der Waals surface area contributed by atoms with Crippen LogP contribution in [0, 0.1) is 22.7 Å². The molecule has 582 valence electrons. The highest BCUT2D eigenvalue weighted by molar-refractivity contribution is 7.60. The Hall–Kier alpha value is -8.61. The van der Waals surface area contributed by atoms with E-state index in [4.69, 9.17) is 43.4 Å². The minimum absolute atomic E-state index is 0.000233. The number of ether oxygens (including phenoxy) is 6. The number of thiazole rings is 1. The van der Waals surface area contributed by atoms with Crippen molar-refractivity contribution in [2.75, 3.05) is 45.5 Å². The van der Waals surface area contributed by atoms with Crippen LogP contribution < -0.4 is 45.5 Å². The van der Waals surface area contributed by atoms with Crippen LogP contribution in [0.3, 0.4) is 0 Å². The standard InChI is InChI=1S/C40H55N6O8PS.C39H49N4O8P/c1-9-24-20-40(24,55(50,51)10-2)45-35(47)32-18-27(21-46(32)36(48)34(39(5,6)7)44-38(49)54-25-13-11-12-14-25)53-33-19-30(31-22-56-37(43-31)41-23(3)4)42-29-17-26(52-8)15-16-28(29)33;1-7-25-22-39(25,52(6,47)48)42-35(44)32-20-28(23-43(32)36(45)34(38(2,3)4)41-37(46)51-26-15-11-12-16-26)50-33-21-30(24-13-9-8-10-14-24)40-31-19-27(49-5)17-18-29(31)33/h9,15-17,19,22-25,27,32,34H,1,10-14,18,20-21H2,2-8H3,(H,41,43)(H,44,49)(H,45,47)(H,50,51);7-10,13-14,17-19,21,25-26,28,32,34H,1,11-12,15-16,20,22-23H2,2-6H3,(H,41,46)(H,42,44)(H,47,48)/t24-,27-,32+,34-,40+;25-,28-,32+,34-,39+/m11/s1. The van der Waals surface area contributed by atoms with Crippen molar-refractivity contribution >= 4 is 88.8 Å². The van der Waals surface area contributed by atoms with E-state index in [0.717, 1.165) is 62.1 Å². The Balaban J connectivity index is 0.000000215. The van der Waals surface area contributed by atoms with Gasteiger partial charge >= 0.3 is 12.2 Å². The van der Waals surface area contributed by atoms with E-state index in [9.17, 15) is 47.7 Å². The molecule has 4 saturated carbocycles. The normalized spacial score (nSPS) is 24.4. The molecule has 2 aliphatic heterocycles. The van der Waals surface area contributed by atoms with E-state index in [1.165, 1.54) is 27.8 Å². The molecule has 6 amide bonds. The highest BCUT2D eigenvalue weighted by atomic mass is 32.1. The molecule has 6 aliphatic rings. The SMILES string of the molecule is C=C[C@@H]1C[C@]1(NC(=O)[C@@H]1C[C@@H](Oc2cc(-c3ccccc3)nc3cc(OC)ccc23)CN1C(=O)[C@@H](NC(=O)OC1CCCC1)C(C)(C)C)P(C)(=O)O.C=C[C@@H]1C[C@]1(NC(=O)[C@@H]1C[C@@H](Oc2cc(-c3csc(NC(C)C)n3)nc3cc(OC)ccc23)CN1C(=O)[C@@H](NC(=O)OC1CCCC1)C(C)(C)C)P(=O)(O)CC. The molecule has 7 N–H and O–H groups in total. The lowest BCUT2D eigenvalue weighted by molar-refractivity contribution is -0.142. The van der Waals surface area contributed by atoms with Gasteiger partial charge in [-0.2, -0.15) is 0 Å². The second-order valence-electron chi connectivity index (χ2n) is 31.8. The zero-order valence-corrected chi connectivity index (χ0v) is 66.4. The van der Waals surface area contributed by atoms with E-state index < -0.39 is 114 Å². The Morgan fingerprint density at radius 1 is 0.630 bits per heavy atom. The number of fused-ring (bicyclic) bond motifs is 2. The van der Waals surface area contributed by atoms with Gasteiger partial charge in [-0.05, 0) is 113 Å². The third-order valence-corrected chi connectivity index (χ3v) is 27.0. The number of hydrogen-bond acceptors (Lipinski definition) is 19. The van der Waals surface area contributed by atoms with E-state index >= 15 is 0 Å². The first kappa shape index (κ1) is 80.4. The monoisotopic (exact) mass is 1540 g/mol. The third-order valence-electron chi connectivity index (χ3n) is 21.4. The van der Waals surface area contributed by atoms with Gasteiger partial charge in [0.2, 0.25) is 38.4 Å². The number of carbonyl (C=O) groups is 6. The molecule has 6 aromatic rings. The first-order valence-corrected chi connectivity index (χ1v) is 42.1. The van der Waals surface area contributed by atoms with Gasteiger partial charge < -0.3 is 74.6 Å². The van der Waals surface area contributed by atoms with Crippen molar-refractivity contribution in [1.29, 1.82) is 0 Å². The Kier molecular flexibility index (Phi) is 24.2. The molecule has 6 fully saturated rings. The maximum absolute atomic E-state index is 14.7. The van der Waals surface area contributed by atoms with Crippen LogP contribution in [-0.2, 0) is 37.8 Å².